The molecule has 19 heavy (non-hydrogen) atoms. The van der Waals surface area contributed by atoms with Crippen molar-refractivity contribution in [3.8, 4) is 0 Å². The second-order valence-electron chi connectivity index (χ2n) is 5.98. The van der Waals surface area contributed by atoms with Crippen LogP contribution in [0.25, 0.3) is 0 Å². The van der Waals surface area contributed by atoms with E-state index in [1.54, 1.807) is 0 Å². The average molecular weight is 260 g/mol. The Kier molecular flexibility index (Phi) is 5.41. The zero-order valence-electron chi connectivity index (χ0n) is 12.4. The van der Waals surface area contributed by atoms with Gasteiger partial charge in [-0.2, -0.15) is 0 Å². The minimum Gasteiger partial charge on any atom is -0.329 e. The summed E-state index contributed by atoms with van der Waals surface area (Å²) in [7, 11) is 2.26. The van der Waals surface area contributed by atoms with Crippen LogP contribution in [0.2, 0.25) is 0 Å². The van der Waals surface area contributed by atoms with Crippen molar-refractivity contribution in [1.29, 1.82) is 0 Å². The van der Waals surface area contributed by atoms with E-state index in [9.17, 15) is 0 Å². The van der Waals surface area contributed by atoms with Gasteiger partial charge < -0.3 is 5.73 Å². The summed E-state index contributed by atoms with van der Waals surface area (Å²) in [6, 6.07) is 9.87. The summed E-state index contributed by atoms with van der Waals surface area (Å²) in [6.45, 7) is 2.86. The maximum absolute atomic E-state index is 6.06. The van der Waals surface area contributed by atoms with Crippen molar-refractivity contribution in [1.82, 2.24) is 4.90 Å². The highest BCUT2D eigenvalue weighted by Crippen LogP contribution is 2.28. The zero-order valence-corrected chi connectivity index (χ0v) is 12.4. The number of likely N-dealkylation sites (N-methyl/N-ethyl adjacent to an activating group) is 1. The Hall–Kier alpha value is -0.860. The quantitative estimate of drug-likeness (QED) is 0.837. The second-order valence-corrected chi connectivity index (χ2v) is 5.98. The van der Waals surface area contributed by atoms with Crippen LogP contribution in [0.3, 0.4) is 0 Å². The maximum Gasteiger partial charge on any atom is 0.0470 e. The van der Waals surface area contributed by atoms with Crippen LogP contribution in [0, 0.1) is 6.92 Å². The maximum atomic E-state index is 6.06. The fourth-order valence-electron chi connectivity index (χ4n) is 3.33. The Labute approximate surface area is 118 Å². The molecule has 0 bridgehead atoms. The molecule has 1 aromatic carbocycles. The molecule has 0 amide bonds. The minimum atomic E-state index is 0.364. The van der Waals surface area contributed by atoms with Crippen LogP contribution in [-0.4, -0.2) is 24.5 Å². The molecule has 2 heteroatoms. The van der Waals surface area contributed by atoms with Gasteiger partial charge in [0.25, 0.3) is 0 Å². The van der Waals surface area contributed by atoms with E-state index < -0.39 is 0 Å². The van der Waals surface area contributed by atoms with Gasteiger partial charge in [-0.25, -0.2) is 0 Å². The van der Waals surface area contributed by atoms with Gasteiger partial charge in [-0.05, 0) is 32.4 Å². The van der Waals surface area contributed by atoms with E-state index in [0.29, 0.717) is 18.6 Å². The van der Waals surface area contributed by atoms with E-state index in [0.717, 1.165) is 0 Å². The summed E-state index contributed by atoms with van der Waals surface area (Å²) in [5.41, 5.74) is 8.75. The summed E-state index contributed by atoms with van der Waals surface area (Å²) in [5.74, 6) is 0. The van der Waals surface area contributed by atoms with Crippen LogP contribution in [0.5, 0.6) is 0 Å². The highest BCUT2D eigenvalue weighted by atomic mass is 15.2. The van der Waals surface area contributed by atoms with E-state index in [2.05, 4.69) is 43.1 Å². The number of hydrogen-bond donors (Lipinski definition) is 1. The van der Waals surface area contributed by atoms with E-state index in [1.807, 2.05) is 0 Å². The van der Waals surface area contributed by atoms with Crippen molar-refractivity contribution < 1.29 is 0 Å². The van der Waals surface area contributed by atoms with Gasteiger partial charge in [-0.15, -0.1) is 0 Å². The molecule has 0 spiro atoms. The Bertz CT molecular complexity index is 381. The highest BCUT2D eigenvalue weighted by Gasteiger charge is 2.24. The van der Waals surface area contributed by atoms with Crippen LogP contribution in [0.15, 0.2) is 24.3 Å². The topological polar surface area (TPSA) is 29.3 Å². The summed E-state index contributed by atoms with van der Waals surface area (Å²) in [6.07, 6.45) is 8.22. The molecule has 0 aliphatic heterocycles. The number of nitrogens with zero attached hydrogens (tertiary/aromatic N) is 1. The van der Waals surface area contributed by atoms with Gasteiger partial charge in [0.15, 0.2) is 0 Å². The number of benzene rings is 1. The Morgan fingerprint density at radius 3 is 2.47 bits per heavy atom. The van der Waals surface area contributed by atoms with Gasteiger partial charge in [-0.1, -0.05) is 55.5 Å². The predicted octanol–water partition coefficient (Wildman–Crippen LogP) is 3.65. The molecule has 0 saturated heterocycles. The summed E-state index contributed by atoms with van der Waals surface area (Å²) < 4.78 is 0. The average Bonchev–Trinajstić information content (AvgIpc) is 2.68. The van der Waals surface area contributed by atoms with Gasteiger partial charge >= 0.3 is 0 Å². The molecular weight excluding hydrogens is 232 g/mol. The minimum absolute atomic E-state index is 0.364. The van der Waals surface area contributed by atoms with Crippen molar-refractivity contribution in [2.45, 2.75) is 57.5 Å². The van der Waals surface area contributed by atoms with Gasteiger partial charge in [0.05, 0.1) is 0 Å². The van der Waals surface area contributed by atoms with Gasteiger partial charge in [-0.3, -0.25) is 4.90 Å². The van der Waals surface area contributed by atoms with Crippen LogP contribution in [0.4, 0.5) is 0 Å². The third-order valence-electron chi connectivity index (χ3n) is 4.54. The molecule has 1 atom stereocenters. The van der Waals surface area contributed by atoms with E-state index >= 15 is 0 Å². The SMILES string of the molecule is Cc1cccc(C(CN)N(C)C2CCCCCC2)c1. The van der Waals surface area contributed by atoms with E-state index in [-0.39, 0.29) is 0 Å². The number of hydrogen-bond acceptors (Lipinski definition) is 2. The molecule has 1 aliphatic rings. The zero-order chi connectivity index (χ0) is 13.7. The summed E-state index contributed by atoms with van der Waals surface area (Å²) in [4.78, 5) is 2.53. The summed E-state index contributed by atoms with van der Waals surface area (Å²) >= 11 is 0. The lowest BCUT2D eigenvalue weighted by molar-refractivity contribution is 0.161. The Morgan fingerprint density at radius 2 is 1.89 bits per heavy atom. The molecule has 2 nitrogen and oxygen atoms in total. The molecule has 1 aromatic rings. The first kappa shape index (κ1) is 14.5. The lowest BCUT2D eigenvalue weighted by Crippen LogP contribution is -2.38. The molecule has 2 rings (SSSR count). The van der Waals surface area contributed by atoms with Crippen molar-refractivity contribution >= 4 is 0 Å². The fraction of sp³-hybridized carbons (Fsp3) is 0.647. The van der Waals surface area contributed by atoms with Crippen molar-refractivity contribution in [2.75, 3.05) is 13.6 Å². The standard InChI is InChI=1S/C17H28N2/c1-14-8-7-9-15(12-14)17(13-18)19(2)16-10-5-3-4-6-11-16/h7-9,12,16-17H,3-6,10-11,13,18H2,1-2H3. The second kappa shape index (κ2) is 7.06. The van der Waals surface area contributed by atoms with Crippen molar-refractivity contribution in [3.05, 3.63) is 35.4 Å². The molecule has 1 unspecified atom stereocenters. The van der Waals surface area contributed by atoms with Gasteiger partial charge in [0.1, 0.15) is 0 Å². The summed E-state index contributed by atoms with van der Waals surface area (Å²) in [5, 5.41) is 0. The van der Waals surface area contributed by atoms with E-state index in [4.69, 9.17) is 5.73 Å². The highest BCUT2D eigenvalue weighted by molar-refractivity contribution is 5.25. The van der Waals surface area contributed by atoms with Crippen LogP contribution >= 0.6 is 0 Å². The first-order valence-corrected chi connectivity index (χ1v) is 7.71. The molecule has 106 valence electrons. The lowest BCUT2D eigenvalue weighted by Gasteiger charge is -2.34. The van der Waals surface area contributed by atoms with Crippen LogP contribution in [0.1, 0.15) is 55.7 Å². The lowest BCUT2D eigenvalue weighted by atomic mass is 9.99. The molecule has 1 saturated carbocycles. The first-order valence-electron chi connectivity index (χ1n) is 7.71. The molecular formula is C17H28N2. The Morgan fingerprint density at radius 1 is 1.21 bits per heavy atom. The Balaban J connectivity index is 2.11. The first-order chi connectivity index (χ1) is 9.22. The fourth-order valence-corrected chi connectivity index (χ4v) is 3.33. The number of rotatable bonds is 4. The van der Waals surface area contributed by atoms with E-state index in [1.165, 1.54) is 49.7 Å². The molecule has 2 N–H and O–H groups in total. The third kappa shape index (κ3) is 3.80. The van der Waals surface area contributed by atoms with Crippen molar-refractivity contribution in [2.24, 2.45) is 5.73 Å². The molecule has 0 aromatic heterocycles. The largest absolute Gasteiger partial charge is 0.329 e. The molecule has 0 heterocycles. The molecule has 1 fully saturated rings. The predicted molar refractivity (Wildman–Crippen MR) is 82.2 cm³/mol. The van der Waals surface area contributed by atoms with Gasteiger partial charge in [0, 0.05) is 18.6 Å². The van der Waals surface area contributed by atoms with Crippen LogP contribution < -0.4 is 5.73 Å². The number of nitrogens with two attached hydrogens (primary N) is 1. The smallest absolute Gasteiger partial charge is 0.0470 e. The molecule has 0 radical (unpaired) electrons. The monoisotopic (exact) mass is 260 g/mol. The normalized spacial score (nSPS) is 19.4. The van der Waals surface area contributed by atoms with Crippen molar-refractivity contribution in [3.63, 3.8) is 0 Å². The number of aryl methyl sites for hydroxylation is 1. The van der Waals surface area contributed by atoms with Crippen LogP contribution in [-0.2, 0) is 0 Å². The van der Waals surface area contributed by atoms with Gasteiger partial charge in [0.2, 0.25) is 0 Å². The third-order valence-corrected chi connectivity index (χ3v) is 4.54. The molecule has 1 aliphatic carbocycles.